The third-order valence-corrected chi connectivity index (χ3v) is 3.05. The van der Waals surface area contributed by atoms with Gasteiger partial charge in [-0.1, -0.05) is 11.2 Å². The molecule has 2 heterocycles. The van der Waals surface area contributed by atoms with Crippen LogP contribution in [0.1, 0.15) is 9.75 Å². The van der Waals surface area contributed by atoms with Gasteiger partial charge in [0.05, 0.1) is 13.1 Å². The number of aryl methyl sites for hydroxylation is 1. The molecule has 84 valence electrons. The molecule has 16 heavy (non-hydrogen) atoms. The van der Waals surface area contributed by atoms with Gasteiger partial charge < -0.3 is 5.32 Å². The highest BCUT2D eigenvalue weighted by atomic mass is 32.1. The maximum Gasteiger partial charge on any atom is 0.243 e. The summed E-state index contributed by atoms with van der Waals surface area (Å²) >= 11 is 1.77. The van der Waals surface area contributed by atoms with Gasteiger partial charge in [-0.25, -0.2) is 4.68 Å². The summed E-state index contributed by atoms with van der Waals surface area (Å²) in [6.45, 7) is 7.11. The highest BCUT2D eigenvalue weighted by molar-refractivity contribution is 7.11. The summed E-state index contributed by atoms with van der Waals surface area (Å²) in [5, 5.41) is 14.6. The number of nitrogens with zero attached hydrogens (tertiary/aromatic N) is 4. The number of nitrogens with one attached hydrogen (secondary N) is 1. The fourth-order valence-corrected chi connectivity index (χ4v) is 2.15. The molecule has 5 nitrogen and oxygen atoms in total. The maximum absolute atomic E-state index is 3.90. The topological polar surface area (TPSA) is 55.6 Å². The van der Waals surface area contributed by atoms with Gasteiger partial charge in [-0.15, -0.1) is 17.9 Å². The van der Waals surface area contributed by atoms with Crippen LogP contribution in [0.3, 0.4) is 0 Å². The van der Waals surface area contributed by atoms with Gasteiger partial charge >= 0.3 is 0 Å². The second kappa shape index (κ2) is 4.89. The zero-order chi connectivity index (χ0) is 11.4. The van der Waals surface area contributed by atoms with Crippen molar-refractivity contribution in [3.63, 3.8) is 0 Å². The zero-order valence-corrected chi connectivity index (χ0v) is 9.87. The molecule has 0 aliphatic heterocycles. The molecule has 2 aromatic rings. The lowest BCUT2D eigenvalue weighted by Gasteiger charge is -2.03. The van der Waals surface area contributed by atoms with E-state index < -0.39 is 0 Å². The molecule has 2 rings (SSSR count). The van der Waals surface area contributed by atoms with Crippen LogP contribution in [0.2, 0.25) is 0 Å². The minimum absolute atomic E-state index is 0.610. The van der Waals surface area contributed by atoms with E-state index in [0.717, 1.165) is 6.54 Å². The Bertz CT molecular complexity index is 473. The molecule has 6 heteroatoms. The van der Waals surface area contributed by atoms with Crippen molar-refractivity contribution in [2.75, 3.05) is 5.32 Å². The molecule has 0 amide bonds. The van der Waals surface area contributed by atoms with E-state index in [2.05, 4.69) is 46.5 Å². The molecular formula is C10H13N5S. The van der Waals surface area contributed by atoms with E-state index in [1.165, 1.54) is 9.75 Å². The Balaban J connectivity index is 1.98. The van der Waals surface area contributed by atoms with Crippen LogP contribution >= 0.6 is 11.3 Å². The van der Waals surface area contributed by atoms with Crippen LogP contribution in [0.5, 0.6) is 0 Å². The SMILES string of the molecule is C=CCn1nnnc1NCc1ccc(C)s1. The summed E-state index contributed by atoms with van der Waals surface area (Å²) in [6, 6.07) is 4.21. The lowest BCUT2D eigenvalue weighted by molar-refractivity contribution is 0.663. The first kappa shape index (κ1) is 10.8. The Labute approximate surface area is 97.8 Å². The summed E-state index contributed by atoms with van der Waals surface area (Å²) < 4.78 is 1.67. The van der Waals surface area contributed by atoms with E-state index in [0.29, 0.717) is 12.5 Å². The molecule has 0 aliphatic rings. The van der Waals surface area contributed by atoms with E-state index in [9.17, 15) is 0 Å². The molecule has 0 spiro atoms. The van der Waals surface area contributed by atoms with Gasteiger partial charge in [0.1, 0.15) is 0 Å². The van der Waals surface area contributed by atoms with Gasteiger partial charge in [0.15, 0.2) is 0 Å². The molecule has 0 saturated carbocycles. The summed E-state index contributed by atoms with van der Waals surface area (Å²) in [4.78, 5) is 2.58. The largest absolute Gasteiger partial charge is 0.348 e. The van der Waals surface area contributed by atoms with Crippen LogP contribution in [-0.2, 0) is 13.1 Å². The molecule has 0 radical (unpaired) electrons. The van der Waals surface area contributed by atoms with Crippen molar-refractivity contribution in [3.8, 4) is 0 Å². The number of allylic oxidation sites excluding steroid dienone is 1. The number of hydrogen-bond acceptors (Lipinski definition) is 5. The summed E-state index contributed by atoms with van der Waals surface area (Å²) in [5.41, 5.74) is 0. The first-order chi connectivity index (χ1) is 7.79. The van der Waals surface area contributed by atoms with Gasteiger partial charge in [-0.3, -0.25) is 0 Å². The lowest BCUT2D eigenvalue weighted by atomic mass is 10.4. The Morgan fingerprint density at radius 2 is 2.44 bits per heavy atom. The average molecular weight is 235 g/mol. The number of aromatic nitrogens is 4. The molecule has 0 saturated heterocycles. The van der Waals surface area contributed by atoms with E-state index in [4.69, 9.17) is 0 Å². The second-order valence-corrected chi connectivity index (χ2v) is 4.71. The Morgan fingerprint density at radius 1 is 1.56 bits per heavy atom. The zero-order valence-electron chi connectivity index (χ0n) is 9.05. The third-order valence-electron chi connectivity index (χ3n) is 2.05. The molecule has 0 aliphatic carbocycles. The number of thiophene rings is 1. The van der Waals surface area contributed by atoms with Crippen molar-refractivity contribution in [2.45, 2.75) is 20.0 Å². The van der Waals surface area contributed by atoms with Crippen LogP contribution in [0.25, 0.3) is 0 Å². The average Bonchev–Trinajstić information content (AvgIpc) is 2.85. The minimum atomic E-state index is 0.610. The van der Waals surface area contributed by atoms with Crippen molar-refractivity contribution in [1.82, 2.24) is 20.2 Å². The van der Waals surface area contributed by atoms with E-state index >= 15 is 0 Å². The highest BCUT2D eigenvalue weighted by Gasteiger charge is 2.04. The van der Waals surface area contributed by atoms with Crippen molar-refractivity contribution in [2.24, 2.45) is 0 Å². The molecule has 0 fully saturated rings. The summed E-state index contributed by atoms with van der Waals surface area (Å²) in [5.74, 6) is 0.672. The third kappa shape index (κ3) is 2.46. The van der Waals surface area contributed by atoms with Gasteiger partial charge in [0.25, 0.3) is 0 Å². The number of hydrogen-bond donors (Lipinski definition) is 1. The fraction of sp³-hybridized carbons (Fsp3) is 0.300. The highest BCUT2D eigenvalue weighted by Crippen LogP contribution is 2.15. The summed E-state index contributed by atoms with van der Waals surface area (Å²) in [6.07, 6.45) is 1.76. The first-order valence-electron chi connectivity index (χ1n) is 4.96. The molecular weight excluding hydrogens is 222 g/mol. The Hall–Kier alpha value is -1.69. The Morgan fingerprint density at radius 3 is 3.12 bits per heavy atom. The monoisotopic (exact) mass is 235 g/mol. The van der Waals surface area contributed by atoms with Crippen LogP contribution in [0.15, 0.2) is 24.8 Å². The number of tetrazole rings is 1. The van der Waals surface area contributed by atoms with Crippen LogP contribution in [0.4, 0.5) is 5.95 Å². The standard InChI is InChI=1S/C10H13N5S/c1-3-6-15-10(12-13-14-15)11-7-9-5-4-8(2)16-9/h3-5H,1,6-7H2,2H3,(H,11,12,14). The van der Waals surface area contributed by atoms with Gasteiger partial charge in [0, 0.05) is 9.75 Å². The fourth-order valence-electron chi connectivity index (χ4n) is 1.32. The molecule has 0 bridgehead atoms. The molecule has 0 unspecified atom stereocenters. The predicted octanol–water partition coefficient (Wildman–Crippen LogP) is 1.84. The van der Waals surface area contributed by atoms with Crippen molar-refractivity contribution < 1.29 is 0 Å². The van der Waals surface area contributed by atoms with Gasteiger partial charge in [0.2, 0.25) is 5.95 Å². The van der Waals surface area contributed by atoms with Crippen molar-refractivity contribution in [1.29, 1.82) is 0 Å². The Kier molecular flexibility index (Phi) is 3.31. The van der Waals surface area contributed by atoms with E-state index in [1.54, 1.807) is 22.1 Å². The van der Waals surface area contributed by atoms with E-state index in [1.807, 2.05) is 0 Å². The molecule has 1 N–H and O–H groups in total. The normalized spacial score (nSPS) is 10.3. The van der Waals surface area contributed by atoms with Gasteiger partial charge in [-0.2, -0.15) is 0 Å². The summed E-state index contributed by atoms with van der Waals surface area (Å²) in [7, 11) is 0. The van der Waals surface area contributed by atoms with Gasteiger partial charge in [-0.05, 0) is 29.5 Å². The molecule has 2 aromatic heterocycles. The second-order valence-electron chi connectivity index (χ2n) is 3.34. The smallest absolute Gasteiger partial charge is 0.243 e. The molecule has 0 aromatic carbocycles. The predicted molar refractivity (Wildman–Crippen MR) is 64.4 cm³/mol. The first-order valence-corrected chi connectivity index (χ1v) is 5.77. The quantitative estimate of drug-likeness (QED) is 0.803. The van der Waals surface area contributed by atoms with Crippen molar-refractivity contribution >= 4 is 17.3 Å². The van der Waals surface area contributed by atoms with E-state index in [-0.39, 0.29) is 0 Å². The number of anilines is 1. The number of rotatable bonds is 5. The minimum Gasteiger partial charge on any atom is -0.348 e. The van der Waals surface area contributed by atoms with Crippen LogP contribution < -0.4 is 5.32 Å². The van der Waals surface area contributed by atoms with Crippen LogP contribution in [0, 0.1) is 6.92 Å². The van der Waals surface area contributed by atoms with Crippen molar-refractivity contribution in [3.05, 3.63) is 34.5 Å². The van der Waals surface area contributed by atoms with Crippen LogP contribution in [-0.4, -0.2) is 20.2 Å². The lowest BCUT2D eigenvalue weighted by Crippen LogP contribution is -2.07. The molecule has 0 atom stereocenters. The maximum atomic E-state index is 3.90.